The van der Waals surface area contributed by atoms with Gasteiger partial charge >= 0.3 is 5.63 Å². The fraction of sp³-hybridized carbons (Fsp3) is 0.400. The molecule has 3 heteroatoms. The van der Waals surface area contributed by atoms with Gasteiger partial charge < -0.3 is 9.52 Å². The third-order valence-corrected chi connectivity index (χ3v) is 3.69. The molecular weight excluding hydrogens is 228 g/mol. The number of rotatable bonds is 2. The molecular formula is C15H16O3. The normalized spacial score (nSPS) is 14.1. The molecule has 18 heavy (non-hydrogen) atoms. The van der Waals surface area contributed by atoms with Gasteiger partial charge in [-0.3, -0.25) is 0 Å². The number of phenols is 1. The van der Waals surface area contributed by atoms with Gasteiger partial charge in [0.05, 0.1) is 0 Å². The summed E-state index contributed by atoms with van der Waals surface area (Å²) in [5.74, 6) is 0.312. The van der Waals surface area contributed by atoms with E-state index in [2.05, 4.69) is 6.92 Å². The van der Waals surface area contributed by atoms with E-state index in [1.807, 2.05) is 6.07 Å². The molecule has 0 spiro atoms. The van der Waals surface area contributed by atoms with E-state index in [-0.39, 0.29) is 5.63 Å². The third-order valence-electron chi connectivity index (χ3n) is 3.69. The van der Waals surface area contributed by atoms with Crippen molar-refractivity contribution in [3.8, 4) is 5.75 Å². The summed E-state index contributed by atoms with van der Waals surface area (Å²) in [5.41, 5.74) is 3.13. The zero-order valence-corrected chi connectivity index (χ0v) is 10.5. The molecule has 3 rings (SSSR count). The molecule has 0 bridgehead atoms. The average Bonchev–Trinajstić information content (AvgIpc) is 2.82. The first-order valence-electron chi connectivity index (χ1n) is 6.51. The summed E-state index contributed by atoms with van der Waals surface area (Å²) in [7, 11) is 0. The molecule has 1 aliphatic rings. The minimum Gasteiger partial charge on any atom is -0.508 e. The van der Waals surface area contributed by atoms with Crippen molar-refractivity contribution in [3.63, 3.8) is 0 Å². The number of benzene rings is 1. The Kier molecular flexibility index (Phi) is 2.62. The van der Waals surface area contributed by atoms with Gasteiger partial charge in [0.1, 0.15) is 11.3 Å². The van der Waals surface area contributed by atoms with Crippen LogP contribution in [0.25, 0.3) is 11.0 Å². The predicted octanol–water partition coefficient (Wildman–Crippen LogP) is 2.94. The van der Waals surface area contributed by atoms with E-state index >= 15 is 0 Å². The van der Waals surface area contributed by atoms with Gasteiger partial charge in [0.15, 0.2) is 0 Å². The summed E-state index contributed by atoms with van der Waals surface area (Å²) < 4.78 is 5.38. The van der Waals surface area contributed by atoms with Crippen LogP contribution in [0.15, 0.2) is 21.3 Å². The van der Waals surface area contributed by atoms with Crippen LogP contribution in [0.3, 0.4) is 0 Å². The monoisotopic (exact) mass is 244 g/mol. The van der Waals surface area contributed by atoms with Gasteiger partial charge in [-0.1, -0.05) is 13.3 Å². The van der Waals surface area contributed by atoms with Gasteiger partial charge in [0, 0.05) is 10.9 Å². The maximum Gasteiger partial charge on any atom is 0.339 e. The van der Waals surface area contributed by atoms with E-state index in [9.17, 15) is 9.90 Å². The molecule has 0 saturated heterocycles. The predicted molar refractivity (Wildman–Crippen MR) is 70.2 cm³/mol. The highest BCUT2D eigenvalue weighted by atomic mass is 16.4. The minimum atomic E-state index is -0.205. The van der Waals surface area contributed by atoms with E-state index in [1.165, 1.54) is 0 Å². The summed E-state index contributed by atoms with van der Waals surface area (Å²) in [6.07, 6.45) is 4.45. The van der Waals surface area contributed by atoms with Gasteiger partial charge in [-0.25, -0.2) is 4.79 Å². The maximum atomic E-state index is 11.8. The lowest BCUT2D eigenvalue weighted by Crippen LogP contribution is -2.07. The summed E-state index contributed by atoms with van der Waals surface area (Å²) >= 11 is 0. The van der Waals surface area contributed by atoms with Crippen molar-refractivity contribution >= 4 is 11.0 Å². The Balaban J connectivity index is 2.31. The standard InChI is InChI=1S/C15H16O3/c1-2-4-9-7-14-12(8-13(9)16)10-5-3-6-11(10)15(17)18-14/h7-8,16H,2-6H2,1H3. The van der Waals surface area contributed by atoms with E-state index < -0.39 is 0 Å². The second kappa shape index (κ2) is 4.16. The lowest BCUT2D eigenvalue weighted by atomic mass is 10.0. The molecule has 0 radical (unpaired) electrons. The molecule has 1 N–H and O–H groups in total. The number of aromatic hydroxyl groups is 1. The summed E-state index contributed by atoms with van der Waals surface area (Å²) in [6, 6.07) is 3.57. The molecule has 0 atom stereocenters. The van der Waals surface area contributed by atoms with Crippen LogP contribution >= 0.6 is 0 Å². The molecule has 1 aliphatic carbocycles. The number of phenolic OH excluding ortho intramolecular Hbond substituents is 1. The van der Waals surface area contributed by atoms with Gasteiger partial charge in [-0.2, -0.15) is 0 Å². The molecule has 0 unspecified atom stereocenters. The molecule has 1 aromatic heterocycles. The number of fused-ring (bicyclic) bond motifs is 3. The van der Waals surface area contributed by atoms with Crippen LogP contribution in [0.5, 0.6) is 5.75 Å². The van der Waals surface area contributed by atoms with Crippen molar-refractivity contribution in [2.75, 3.05) is 0 Å². The first-order chi connectivity index (χ1) is 8.70. The van der Waals surface area contributed by atoms with Gasteiger partial charge in [0.25, 0.3) is 0 Å². The van der Waals surface area contributed by atoms with Crippen LogP contribution in [0.4, 0.5) is 0 Å². The fourth-order valence-corrected chi connectivity index (χ4v) is 2.83. The Bertz CT molecular complexity index is 667. The minimum absolute atomic E-state index is 0.205. The molecule has 0 fully saturated rings. The topological polar surface area (TPSA) is 50.4 Å². The van der Waals surface area contributed by atoms with Gasteiger partial charge in [-0.05, 0) is 48.9 Å². The molecule has 3 nitrogen and oxygen atoms in total. The molecule has 0 saturated carbocycles. The maximum absolute atomic E-state index is 11.8. The van der Waals surface area contributed by atoms with Crippen molar-refractivity contribution in [1.29, 1.82) is 0 Å². The van der Waals surface area contributed by atoms with Crippen molar-refractivity contribution < 1.29 is 9.52 Å². The molecule has 0 amide bonds. The zero-order valence-electron chi connectivity index (χ0n) is 10.5. The summed E-state index contributed by atoms with van der Waals surface area (Å²) in [4.78, 5) is 11.8. The van der Waals surface area contributed by atoms with E-state index in [4.69, 9.17) is 4.42 Å². The lowest BCUT2D eigenvalue weighted by Gasteiger charge is -2.08. The van der Waals surface area contributed by atoms with Crippen molar-refractivity contribution in [1.82, 2.24) is 0 Å². The van der Waals surface area contributed by atoms with E-state index in [0.717, 1.165) is 54.2 Å². The third kappa shape index (κ3) is 1.62. The highest BCUT2D eigenvalue weighted by molar-refractivity contribution is 5.84. The van der Waals surface area contributed by atoms with Gasteiger partial charge in [-0.15, -0.1) is 0 Å². The smallest absolute Gasteiger partial charge is 0.339 e. The first kappa shape index (κ1) is 11.3. The number of hydrogen-bond acceptors (Lipinski definition) is 3. The fourth-order valence-electron chi connectivity index (χ4n) is 2.83. The zero-order chi connectivity index (χ0) is 12.7. The Morgan fingerprint density at radius 3 is 2.83 bits per heavy atom. The second-order valence-corrected chi connectivity index (χ2v) is 4.93. The molecule has 1 heterocycles. The van der Waals surface area contributed by atoms with Crippen LogP contribution < -0.4 is 5.63 Å². The van der Waals surface area contributed by atoms with Gasteiger partial charge in [0.2, 0.25) is 0 Å². The summed E-state index contributed by atoms with van der Waals surface area (Å²) in [6.45, 7) is 2.06. The van der Waals surface area contributed by atoms with Crippen LogP contribution in [0.2, 0.25) is 0 Å². The van der Waals surface area contributed by atoms with E-state index in [1.54, 1.807) is 6.07 Å². The second-order valence-electron chi connectivity index (χ2n) is 4.93. The SMILES string of the molecule is CCCc1cc2oc(=O)c3c(c2cc1O)CCC3. The summed E-state index contributed by atoms with van der Waals surface area (Å²) in [5, 5.41) is 10.9. The highest BCUT2D eigenvalue weighted by Gasteiger charge is 2.20. The van der Waals surface area contributed by atoms with Crippen molar-refractivity contribution in [3.05, 3.63) is 39.2 Å². The van der Waals surface area contributed by atoms with Crippen molar-refractivity contribution in [2.24, 2.45) is 0 Å². The average molecular weight is 244 g/mol. The molecule has 94 valence electrons. The lowest BCUT2D eigenvalue weighted by molar-refractivity contribution is 0.467. The number of hydrogen-bond donors (Lipinski definition) is 1. The number of aryl methyl sites for hydroxylation is 2. The quantitative estimate of drug-likeness (QED) is 0.826. The van der Waals surface area contributed by atoms with Crippen molar-refractivity contribution in [2.45, 2.75) is 39.0 Å². The Labute approximate surface area is 105 Å². The largest absolute Gasteiger partial charge is 0.508 e. The molecule has 0 aliphatic heterocycles. The first-order valence-corrected chi connectivity index (χ1v) is 6.51. The Morgan fingerprint density at radius 2 is 2.06 bits per heavy atom. The van der Waals surface area contributed by atoms with Crippen LogP contribution in [0, 0.1) is 0 Å². The molecule has 2 aromatic rings. The van der Waals surface area contributed by atoms with Crippen LogP contribution in [-0.2, 0) is 19.3 Å². The highest BCUT2D eigenvalue weighted by Crippen LogP contribution is 2.32. The Hall–Kier alpha value is -1.77. The molecule has 1 aromatic carbocycles. The van der Waals surface area contributed by atoms with E-state index in [0.29, 0.717) is 11.3 Å². The van der Waals surface area contributed by atoms with Crippen LogP contribution in [-0.4, -0.2) is 5.11 Å². The van der Waals surface area contributed by atoms with Crippen LogP contribution in [0.1, 0.15) is 36.5 Å². The Morgan fingerprint density at radius 1 is 1.28 bits per heavy atom.